The molecule has 8 heteroatoms. The maximum atomic E-state index is 13.5. The lowest BCUT2D eigenvalue weighted by Gasteiger charge is -2.34. The van der Waals surface area contributed by atoms with Gasteiger partial charge in [0.1, 0.15) is 17.2 Å². The van der Waals surface area contributed by atoms with Crippen LogP contribution in [0.1, 0.15) is 22.1 Å². The van der Waals surface area contributed by atoms with E-state index in [-0.39, 0.29) is 16.9 Å². The summed E-state index contributed by atoms with van der Waals surface area (Å²) in [5, 5.41) is 3.88. The highest BCUT2D eigenvalue weighted by Gasteiger charge is 2.27. The molecule has 38 heavy (non-hydrogen) atoms. The lowest BCUT2D eigenvalue weighted by atomic mass is 10.0. The van der Waals surface area contributed by atoms with Crippen LogP contribution in [0.2, 0.25) is 0 Å². The fourth-order valence-corrected chi connectivity index (χ4v) is 6.31. The van der Waals surface area contributed by atoms with Crippen molar-refractivity contribution in [1.82, 2.24) is 15.0 Å². The fraction of sp³-hybridized carbons (Fsp3) is 0.267. The molecule has 2 heterocycles. The summed E-state index contributed by atoms with van der Waals surface area (Å²) >= 11 is 0. The third-order valence-electron chi connectivity index (χ3n) is 6.78. The summed E-state index contributed by atoms with van der Waals surface area (Å²) in [5.74, 6) is 1.44. The number of carbonyl (C=O) groups excluding carboxylic acids is 1. The second-order valence-electron chi connectivity index (χ2n) is 9.26. The largest absolute Gasteiger partial charge is 0.496 e. The van der Waals surface area contributed by atoms with Gasteiger partial charge < -0.3 is 14.2 Å². The number of methoxy groups -OCH3 is 1. The summed E-state index contributed by atoms with van der Waals surface area (Å²) < 4.78 is 24.5. The molecule has 1 saturated heterocycles. The van der Waals surface area contributed by atoms with Crippen molar-refractivity contribution in [3.63, 3.8) is 0 Å². The number of rotatable bonds is 9. The Morgan fingerprint density at radius 2 is 1.53 bits per heavy atom. The van der Waals surface area contributed by atoms with Gasteiger partial charge in [-0.15, -0.1) is 0 Å². The predicted molar refractivity (Wildman–Crippen MR) is 148 cm³/mol. The Bertz CT molecular complexity index is 1330. The zero-order chi connectivity index (χ0) is 26.3. The van der Waals surface area contributed by atoms with Crippen LogP contribution in [0, 0.1) is 0 Å². The average Bonchev–Trinajstić information content (AvgIpc) is 3.43. The van der Waals surface area contributed by atoms with Crippen LogP contribution in [0.15, 0.2) is 95.5 Å². The van der Waals surface area contributed by atoms with Crippen LogP contribution in [0.3, 0.4) is 0 Å². The number of nitrogens with zero attached hydrogens (tertiary/aromatic N) is 3. The third-order valence-corrected chi connectivity index (χ3v) is 8.38. The summed E-state index contributed by atoms with van der Waals surface area (Å²) in [4.78, 5) is 17.2. The SMILES string of the molecule is COc1ccccc1-c1cc(CN2CCN(C(=O)CS(=O)C(c3ccccc3)c3ccccc3)CC2)on1. The van der Waals surface area contributed by atoms with Crippen LogP contribution in [-0.4, -0.2) is 64.1 Å². The van der Waals surface area contributed by atoms with Crippen molar-refractivity contribution in [3.05, 3.63) is 108 Å². The Morgan fingerprint density at radius 3 is 2.16 bits per heavy atom. The molecule has 4 aromatic rings. The van der Waals surface area contributed by atoms with Crippen molar-refractivity contribution in [2.75, 3.05) is 39.0 Å². The molecule has 1 unspecified atom stereocenters. The Hall–Kier alpha value is -3.75. The van der Waals surface area contributed by atoms with E-state index in [4.69, 9.17) is 9.26 Å². The van der Waals surface area contributed by atoms with Gasteiger partial charge in [-0.1, -0.05) is 78.0 Å². The number of ether oxygens (including phenoxy) is 1. The van der Waals surface area contributed by atoms with E-state index in [0.717, 1.165) is 33.9 Å². The molecule has 0 bridgehead atoms. The van der Waals surface area contributed by atoms with Gasteiger partial charge in [0, 0.05) is 48.6 Å². The second-order valence-corrected chi connectivity index (χ2v) is 10.8. The number of hydrogen-bond acceptors (Lipinski definition) is 6. The Morgan fingerprint density at radius 1 is 0.921 bits per heavy atom. The first kappa shape index (κ1) is 25.9. The molecule has 0 radical (unpaired) electrons. The number of para-hydroxylation sites is 1. The van der Waals surface area contributed by atoms with Gasteiger partial charge in [0.15, 0.2) is 5.76 Å². The standard InChI is InChI=1S/C30H31N3O4S/c1-36-28-15-9-8-14-26(28)27-20-25(37-31-27)21-32-16-18-33(19-17-32)29(34)22-38(35)30(23-10-4-2-5-11-23)24-12-6-3-7-13-24/h2-15,20,30H,16-19,21-22H2,1H3. The monoisotopic (exact) mass is 529 g/mol. The average molecular weight is 530 g/mol. The molecule has 0 spiro atoms. The van der Waals surface area contributed by atoms with E-state index in [1.165, 1.54) is 0 Å². The smallest absolute Gasteiger partial charge is 0.235 e. The second kappa shape index (κ2) is 12.2. The number of amides is 1. The van der Waals surface area contributed by atoms with E-state index in [2.05, 4.69) is 10.1 Å². The number of aromatic nitrogens is 1. The Balaban J connectivity index is 1.17. The number of hydrogen-bond donors (Lipinski definition) is 0. The molecule has 1 fully saturated rings. The zero-order valence-corrected chi connectivity index (χ0v) is 22.2. The van der Waals surface area contributed by atoms with Crippen molar-refractivity contribution >= 4 is 16.7 Å². The molecule has 0 aliphatic carbocycles. The summed E-state index contributed by atoms with van der Waals surface area (Å²) in [6.45, 7) is 3.21. The van der Waals surface area contributed by atoms with Crippen LogP contribution in [0.5, 0.6) is 5.75 Å². The molecule has 1 aliphatic rings. The molecule has 7 nitrogen and oxygen atoms in total. The van der Waals surface area contributed by atoms with Crippen LogP contribution in [-0.2, 0) is 22.1 Å². The molecule has 1 atom stereocenters. The highest BCUT2D eigenvalue weighted by atomic mass is 32.2. The predicted octanol–water partition coefficient (Wildman–Crippen LogP) is 4.53. The van der Waals surface area contributed by atoms with Crippen LogP contribution in [0.25, 0.3) is 11.3 Å². The summed E-state index contributed by atoms with van der Waals surface area (Å²) in [6, 6.07) is 29.2. The van der Waals surface area contributed by atoms with Gasteiger partial charge in [-0.2, -0.15) is 0 Å². The lowest BCUT2D eigenvalue weighted by molar-refractivity contribution is -0.130. The topological polar surface area (TPSA) is 75.9 Å². The minimum absolute atomic E-state index is 0.00116. The number of benzene rings is 3. The van der Waals surface area contributed by atoms with Gasteiger partial charge in [-0.3, -0.25) is 13.9 Å². The summed E-state index contributed by atoms with van der Waals surface area (Å²) in [7, 11) is 0.250. The van der Waals surface area contributed by atoms with E-state index in [1.807, 2.05) is 95.9 Å². The van der Waals surface area contributed by atoms with Gasteiger partial charge >= 0.3 is 0 Å². The Kier molecular flexibility index (Phi) is 8.31. The highest BCUT2D eigenvalue weighted by Crippen LogP contribution is 2.30. The van der Waals surface area contributed by atoms with Crippen molar-refractivity contribution in [2.45, 2.75) is 11.8 Å². The molecule has 1 amide bonds. The minimum atomic E-state index is -1.39. The number of carbonyl (C=O) groups is 1. The first-order valence-electron chi connectivity index (χ1n) is 12.7. The van der Waals surface area contributed by atoms with E-state index in [1.54, 1.807) is 7.11 Å². The van der Waals surface area contributed by atoms with E-state index >= 15 is 0 Å². The third kappa shape index (κ3) is 6.03. The summed E-state index contributed by atoms with van der Waals surface area (Å²) in [6.07, 6.45) is 0. The molecular formula is C30H31N3O4S. The minimum Gasteiger partial charge on any atom is -0.496 e. The van der Waals surface area contributed by atoms with Gasteiger partial charge in [0.05, 0.1) is 18.9 Å². The van der Waals surface area contributed by atoms with E-state index in [9.17, 15) is 9.00 Å². The van der Waals surface area contributed by atoms with Gasteiger partial charge in [0.25, 0.3) is 0 Å². The van der Waals surface area contributed by atoms with Crippen LogP contribution < -0.4 is 4.74 Å². The highest BCUT2D eigenvalue weighted by molar-refractivity contribution is 7.86. The van der Waals surface area contributed by atoms with Crippen molar-refractivity contribution < 1.29 is 18.3 Å². The lowest BCUT2D eigenvalue weighted by Crippen LogP contribution is -2.49. The van der Waals surface area contributed by atoms with E-state index < -0.39 is 10.8 Å². The van der Waals surface area contributed by atoms with Crippen molar-refractivity contribution in [3.8, 4) is 17.0 Å². The van der Waals surface area contributed by atoms with Gasteiger partial charge in [-0.05, 0) is 23.3 Å². The fourth-order valence-electron chi connectivity index (χ4n) is 4.79. The van der Waals surface area contributed by atoms with Crippen molar-refractivity contribution in [2.24, 2.45) is 0 Å². The maximum Gasteiger partial charge on any atom is 0.235 e. The quantitative estimate of drug-likeness (QED) is 0.317. The molecule has 0 N–H and O–H groups in total. The molecule has 1 aromatic heterocycles. The molecule has 5 rings (SSSR count). The molecule has 1 aliphatic heterocycles. The van der Waals surface area contributed by atoms with Gasteiger partial charge in [-0.25, -0.2) is 0 Å². The maximum absolute atomic E-state index is 13.5. The molecule has 0 saturated carbocycles. The molecule has 3 aromatic carbocycles. The molecule has 196 valence electrons. The van der Waals surface area contributed by atoms with Gasteiger partial charge in [0.2, 0.25) is 5.91 Å². The Labute approximate surface area is 225 Å². The van der Waals surface area contributed by atoms with E-state index in [0.29, 0.717) is 32.7 Å². The number of piperazine rings is 1. The zero-order valence-electron chi connectivity index (χ0n) is 21.4. The first-order valence-corrected chi connectivity index (χ1v) is 14.1. The van der Waals surface area contributed by atoms with Crippen LogP contribution >= 0.6 is 0 Å². The molecular weight excluding hydrogens is 498 g/mol. The van der Waals surface area contributed by atoms with Crippen LogP contribution in [0.4, 0.5) is 0 Å². The summed E-state index contributed by atoms with van der Waals surface area (Å²) in [5.41, 5.74) is 3.53. The normalized spacial score (nSPS) is 14.9. The van der Waals surface area contributed by atoms with Crippen molar-refractivity contribution in [1.29, 1.82) is 0 Å². The first-order chi connectivity index (χ1) is 18.6.